The van der Waals surface area contributed by atoms with E-state index in [1.165, 1.54) is 0 Å². The average molecular weight is 269 g/mol. The Hall–Kier alpha value is -2.07. The van der Waals surface area contributed by atoms with Crippen LogP contribution in [0.25, 0.3) is 10.8 Å². The van der Waals surface area contributed by atoms with Crippen LogP contribution >= 0.6 is 0 Å². The van der Waals surface area contributed by atoms with Gasteiger partial charge in [0.05, 0.1) is 5.69 Å². The van der Waals surface area contributed by atoms with Crippen molar-refractivity contribution < 1.29 is 4.79 Å². The van der Waals surface area contributed by atoms with Crippen molar-refractivity contribution in [2.75, 3.05) is 18.4 Å². The van der Waals surface area contributed by atoms with Gasteiger partial charge in [-0.25, -0.2) is 4.79 Å². The molecule has 0 spiro atoms. The van der Waals surface area contributed by atoms with E-state index >= 15 is 0 Å². The van der Waals surface area contributed by atoms with Gasteiger partial charge in [0.1, 0.15) is 0 Å². The second kappa shape index (κ2) is 5.92. The van der Waals surface area contributed by atoms with Crippen LogP contribution in [0.3, 0.4) is 0 Å². The number of rotatable bonds is 2. The molecule has 1 atom stereocenters. The van der Waals surface area contributed by atoms with Crippen molar-refractivity contribution in [1.82, 2.24) is 10.6 Å². The van der Waals surface area contributed by atoms with Crippen LogP contribution in [0, 0.1) is 0 Å². The van der Waals surface area contributed by atoms with Crippen molar-refractivity contribution in [2.45, 2.75) is 18.9 Å². The summed E-state index contributed by atoms with van der Waals surface area (Å²) < 4.78 is 0. The molecule has 0 saturated carbocycles. The zero-order valence-electron chi connectivity index (χ0n) is 11.4. The van der Waals surface area contributed by atoms with Crippen LogP contribution in [0.5, 0.6) is 0 Å². The lowest BCUT2D eigenvalue weighted by molar-refractivity contribution is 0.245. The van der Waals surface area contributed by atoms with Gasteiger partial charge in [-0.1, -0.05) is 36.4 Å². The second-order valence-electron chi connectivity index (χ2n) is 5.17. The topological polar surface area (TPSA) is 53.2 Å². The minimum absolute atomic E-state index is 0.130. The largest absolute Gasteiger partial charge is 0.334 e. The molecule has 0 aromatic heterocycles. The second-order valence-corrected chi connectivity index (χ2v) is 5.17. The highest BCUT2D eigenvalue weighted by atomic mass is 16.2. The van der Waals surface area contributed by atoms with E-state index in [-0.39, 0.29) is 12.1 Å². The lowest BCUT2D eigenvalue weighted by Gasteiger charge is -2.24. The highest BCUT2D eigenvalue weighted by Crippen LogP contribution is 2.22. The Morgan fingerprint density at radius 2 is 2.00 bits per heavy atom. The smallest absolute Gasteiger partial charge is 0.319 e. The number of urea groups is 1. The standard InChI is InChI=1S/C16H19N3O/c20-16(18-13-7-4-10-17-11-13)19-15-9-3-6-12-5-1-2-8-14(12)15/h1-3,5-6,8-9,13,17H,4,7,10-11H2,(H2,18,19,20)/t13-/m0/s1. The first kappa shape index (κ1) is 12.9. The van der Waals surface area contributed by atoms with Gasteiger partial charge in [-0.15, -0.1) is 0 Å². The minimum Gasteiger partial charge on any atom is -0.334 e. The fourth-order valence-electron chi connectivity index (χ4n) is 2.65. The molecule has 20 heavy (non-hydrogen) atoms. The first-order chi connectivity index (χ1) is 9.83. The van der Waals surface area contributed by atoms with E-state index in [1.807, 2.05) is 42.5 Å². The maximum Gasteiger partial charge on any atom is 0.319 e. The molecule has 3 N–H and O–H groups in total. The Morgan fingerprint density at radius 3 is 2.85 bits per heavy atom. The molecule has 1 aliphatic heterocycles. The summed E-state index contributed by atoms with van der Waals surface area (Å²) in [4.78, 5) is 12.1. The number of hydrogen-bond acceptors (Lipinski definition) is 2. The number of piperidine rings is 1. The third-order valence-electron chi connectivity index (χ3n) is 3.67. The van der Waals surface area contributed by atoms with Crippen LogP contribution in [-0.4, -0.2) is 25.2 Å². The number of benzene rings is 2. The zero-order chi connectivity index (χ0) is 13.8. The third-order valence-corrected chi connectivity index (χ3v) is 3.67. The van der Waals surface area contributed by atoms with Gasteiger partial charge in [-0.2, -0.15) is 0 Å². The lowest BCUT2D eigenvalue weighted by Crippen LogP contribution is -2.47. The highest BCUT2D eigenvalue weighted by Gasteiger charge is 2.15. The Bertz CT molecular complexity index is 600. The minimum atomic E-state index is -0.130. The fraction of sp³-hybridized carbons (Fsp3) is 0.312. The van der Waals surface area contributed by atoms with Crippen LogP contribution < -0.4 is 16.0 Å². The van der Waals surface area contributed by atoms with Gasteiger partial charge in [0, 0.05) is 18.0 Å². The van der Waals surface area contributed by atoms with Crippen LogP contribution in [0.15, 0.2) is 42.5 Å². The van der Waals surface area contributed by atoms with E-state index in [4.69, 9.17) is 0 Å². The molecule has 1 heterocycles. The number of carbonyl (C=O) groups is 1. The Labute approximate surface area is 118 Å². The summed E-state index contributed by atoms with van der Waals surface area (Å²) in [5, 5.41) is 11.5. The van der Waals surface area contributed by atoms with Gasteiger partial charge in [0.25, 0.3) is 0 Å². The van der Waals surface area contributed by atoms with Crippen molar-refractivity contribution in [3.05, 3.63) is 42.5 Å². The molecule has 0 unspecified atom stereocenters. The van der Waals surface area contributed by atoms with Gasteiger partial charge >= 0.3 is 6.03 Å². The fourth-order valence-corrected chi connectivity index (χ4v) is 2.65. The number of anilines is 1. The molecule has 3 rings (SSSR count). The van der Waals surface area contributed by atoms with Crippen molar-refractivity contribution >= 4 is 22.5 Å². The first-order valence-corrected chi connectivity index (χ1v) is 7.09. The van der Waals surface area contributed by atoms with Gasteiger partial charge < -0.3 is 16.0 Å². The van der Waals surface area contributed by atoms with Gasteiger partial charge in [-0.05, 0) is 30.8 Å². The molecule has 2 aromatic rings. The molecule has 4 nitrogen and oxygen atoms in total. The Balaban J connectivity index is 1.71. The predicted octanol–water partition coefficient (Wildman–Crippen LogP) is 2.71. The van der Waals surface area contributed by atoms with E-state index in [0.717, 1.165) is 42.4 Å². The van der Waals surface area contributed by atoms with E-state index < -0.39 is 0 Å². The van der Waals surface area contributed by atoms with E-state index in [1.54, 1.807) is 0 Å². The van der Waals surface area contributed by atoms with Crippen molar-refractivity contribution in [2.24, 2.45) is 0 Å². The number of carbonyl (C=O) groups excluding carboxylic acids is 1. The molecule has 2 amide bonds. The average Bonchev–Trinajstić information content (AvgIpc) is 2.48. The monoisotopic (exact) mass is 269 g/mol. The van der Waals surface area contributed by atoms with Crippen molar-refractivity contribution in [3.63, 3.8) is 0 Å². The first-order valence-electron chi connectivity index (χ1n) is 7.09. The van der Waals surface area contributed by atoms with Crippen LogP contribution in [0.1, 0.15) is 12.8 Å². The van der Waals surface area contributed by atoms with Gasteiger partial charge in [0.15, 0.2) is 0 Å². The molecule has 0 bridgehead atoms. The summed E-state index contributed by atoms with van der Waals surface area (Å²) in [6.07, 6.45) is 2.15. The molecule has 1 saturated heterocycles. The summed E-state index contributed by atoms with van der Waals surface area (Å²) in [5.41, 5.74) is 0.851. The van der Waals surface area contributed by atoms with Crippen molar-refractivity contribution in [1.29, 1.82) is 0 Å². The third kappa shape index (κ3) is 2.91. The summed E-state index contributed by atoms with van der Waals surface area (Å²) >= 11 is 0. The number of hydrogen-bond donors (Lipinski definition) is 3. The Kier molecular flexibility index (Phi) is 3.83. The number of fused-ring (bicyclic) bond motifs is 1. The normalized spacial score (nSPS) is 18.7. The summed E-state index contributed by atoms with van der Waals surface area (Å²) in [6, 6.07) is 14.1. The SMILES string of the molecule is O=C(Nc1cccc2ccccc12)N[C@H]1CCCNC1. The van der Waals surface area contributed by atoms with E-state index in [2.05, 4.69) is 16.0 Å². The molecule has 104 valence electrons. The zero-order valence-corrected chi connectivity index (χ0v) is 11.4. The molecule has 0 radical (unpaired) electrons. The van der Waals surface area contributed by atoms with E-state index in [0.29, 0.717) is 0 Å². The molecule has 1 fully saturated rings. The maximum atomic E-state index is 12.1. The molecular weight excluding hydrogens is 250 g/mol. The predicted molar refractivity (Wildman–Crippen MR) is 82.0 cm³/mol. The number of nitrogens with one attached hydrogen (secondary N) is 3. The molecular formula is C16H19N3O. The maximum absolute atomic E-state index is 12.1. The van der Waals surface area contributed by atoms with Crippen LogP contribution in [-0.2, 0) is 0 Å². The van der Waals surface area contributed by atoms with Gasteiger partial charge in [0.2, 0.25) is 0 Å². The molecule has 0 aliphatic carbocycles. The molecule has 4 heteroatoms. The summed E-state index contributed by atoms with van der Waals surface area (Å²) in [7, 11) is 0. The van der Waals surface area contributed by atoms with Crippen LogP contribution in [0.4, 0.5) is 10.5 Å². The quantitative estimate of drug-likeness (QED) is 0.785. The lowest BCUT2D eigenvalue weighted by atomic mass is 10.1. The summed E-state index contributed by atoms with van der Waals surface area (Å²) in [5.74, 6) is 0. The Morgan fingerprint density at radius 1 is 1.15 bits per heavy atom. The molecule has 2 aromatic carbocycles. The van der Waals surface area contributed by atoms with Gasteiger partial charge in [-0.3, -0.25) is 0 Å². The highest BCUT2D eigenvalue weighted by molar-refractivity contribution is 6.01. The van der Waals surface area contributed by atoms with Crippen molar-refractivity contribution in [3.8, 4) is 0 Å². The number of amides is 2. The van der Waals surface area contributed by atoms with Crippen LogP contribution in [0.2, 0.25) is 0 Å². The summed E-state index contributed by atoms with van der Waals surface area (Å²) in [6.45, 7) is 1.89. The van der Waals surface area contributed by atoms with E-state index in [9.17, 15) is 4.79 Å². The molecule has 1 aliphatic rings.